The number of carbonyl (C=O) groups excluding carboxylic acids is 1. The maximum absolute atomic E-state index is 11.9. The molecule has 1 aliphatic rings. The normalized spacial score (nSPS) is 21.2. The molecule has 2 rings (SSSR count). The zero-order chi connectivity index (χ0) is 14.7. The fourth-order valence-electron chi connectivity index (χ4n) is 2.52. The number of rotatable bonds is 4. The zero-order valence-corrected chi connectivity index (χ0v) is 11.2. The molecular formula is C14H18N2O4. The molecule has 1 aliphatic heterocycles. The molecule has 6 heteroatoms. The van der Waals surface area contributed by atoms with Crippen LogP contribution >= 0.6 is 0 Å². The van der Waals surface area contributed by atoms with E-state index in [1.54, 1.807) is 24.3 Å². The number of nitrogens with one attached hydrogen (secondary N) is 1. The van der Waals surface area contributed by atoms with Crippen molar-refractivity contribution < 1.29 is 19.8 Å². The first-order valence-corrected chi connectivity index (χ1v) is 6.53. The zero-order valence-electron chi connectivity index (χ0n) is 11.2. The molecule has 0 bridgehead atoms. The van der Waals surface area contributed by atoms with Gasteiger partial charge in [-0.15, -0.1) is 0 Å². The molecule has 20 heavy (non-hydrogen) atoms. The van der Waals surface area contributed by atoms with E-state index in [0.717, 1.165) is 5.56 Å². The second-order valence-electron chi connectivity index (χ2n) is 4.91. The molecular weight excluding hydrogens is 260 g/mol. The second-order valence-corrected chi connectivity index (χ2v) is 4.91. The van der Waals surface area contributed by atoms with Gasteiger partial charge >= 0.3 is 5.97 Å². The first-order chi connectivity index (χ1) is 9.49. The van der Waals surface area contributed by atoms with Crippen LogP contribution in [0.4, 0.5) is 0 Å². The predicted molar refractivity (Wildman–Crippen MR) is 72.3 cm³/mol. The summed E-state index contributed by atoms with van der Waals surface area (Å²) in [4.78, 5) is 24.7. The van der Waals surface area contributed by atoms with Gasteiger partial charge in [0.15, 0.2) is 0 Å². The molecule has 0 radical (unpaired) electrons. The average molecular weight is 278 g/mol. The van der Waals surface area contributed by atoms with Gasteiger partial charge in [0.2, 0.25) is 5.91 Å². The molecule has 1 saturated heterocycles. The minimum absolute atomic E-state index is 0.0917. The summed E-state index contributed by atoms with van der Waals surface area (Å²) in [5, 5.41) is 21.0. The number of phenolic OH excluding ortho intramolecular Hbond substituents is 1. The van der Waals surface area contributed by atoms with E-state index in [-0.39, 0.29) is 24.1 Å². The van der Waals surface area contributed by atoms with E-state index in [0.29, 0.717) is 13.1 Å². The van der Waals surface area contributed by atoms with Crippen molar-refractivity contribution in [3.8, 4) is 5.75 Å². The Morgan fingerprint density at radius 1 is 1.45 bits per heavy atom. The highest BCUT2D eigenvalue weighted by Crippen LogP contribution is 2.26. The number of phenols is 1. The van der Waals surface area contributed by atoms with E-state index in [9.17, 15) is 14.7 Å². The van der Waals surface area contributed by atoms with E-state index in [2.05, 4.69) is 5.32 Å². The summed E-state index contributed by atoms with van der Waals surface area (Å²) in [5.74, 6) is -1.06. The predicted octanol–water partition coefficient (Wildman–Crippen LogP) is 0.728. The van der Waals surface area contributed by atoms with Crippen molar-refractivity contribution in [1.82, 2.24) is 10.2 Å². The Morgan fingerprint density at radius 2 is 2.10 bits per heavy atom. The van der Waals surface area contributed by atoms with Crippen LogP contribution < -0.4 is 5.32 Å². The number of benzene rings is 1. The number of nitrogens with zero attached hydrogens (tertiary/aromatic N) is 1. The smallest absolute Gasteiger partial charge is 0.305 e. The van der Waals surface area contributed by atoms with Gasteiger partial charge in [-0.05, 0) is 24.6 Å². The molecule has 1 fully saturated rings. The lowest BCUT2D eigenvalue weighted by Gasteiger charge is -2.38. The summed E-state index contributed by atoms with van der Waals surface area (Å²) in [7, 11) is 0. The van der Waals surface area contributed by atoms with Crippen LogP contribution in [0.1, 0.15) is 24.9 Å². The Balaban J connectivity index is 2.20. The van der Waals surface area contributed by atoms with Crippen LogP contribution in [-0.2, 0) is 9.59 Å². The molecule has 0 aliphatic carbocycles. The quantitative estimate of drug-likeness (QED) is 0.755. The fourth-order valence-corrected chi connectivity index (χ4v) is 2.52. The molecule has 0 aromatic heterocycles. The van der Waals surface area contributed by atoms with Crippen molar-refractivity contribution in [2.75, 3.05) is 13.1 Å². The number of carboxylic acids is 1. The molecule has 6 nitrogen and oxygen atoms in total. The molecule has 1 aromatic carbocycles. The lowest BCUT2D eigenvalue weighted by molar-refractivity contribution is -0.143. The summed E-state index contributed by atoms with van der Waals surface area (Å²) in [6, 6.07) is 5.98. The minimum atomic E-state index is -0.991. The number of hydrogen-bond acceptors (Lipinski definition) is 4. The standard InChI is InChI=1S/C14H18N2O4/c1-9(10-2-4-11(17)5-3-10)16-7-6-15-14(20)12(16)8-13(18)19/h2-5,9,12,17H,6-8H2,1H3,(H,15,20)(H,18,19). The Labute approximate surface area is 117 Å². The molecule has 2 atom stereocenters. The van der Waals surface area contributed by atoms with E-state index >= 15 is 0 Å². The molecule has 108 valence electrons. The van der Waals surface area contributed by atoms with Gasteiger partial charge in [0, 0.05) is 19.1 Å². The Hall–Kier alpha value is -2.08. The maximum Gasteiger partial charge on any atom is 0.305 e. The van der Waals surface area contributed by atoms with Gasteiger partial charge in [0.1, 0.15) is 11.8 Å². The second kappa shape index (κ2) is 5.92. The Kier molecular flexibility index (Phi) is 4.24. The van der Waals surface area contributed by atoms with Crippen molar-refractivity contribution >= 4 is 11.9 Å². The van der Waals surface area contributed by atoms with Crippen LogP contribution in [0.15, 0.2) is 24.3 Å². The summed E-state index contributed by atoms with van der Waals surface area (Å²) in [6.07, 6.45) is -0.214. The Morgan fingerprint density at radius 3 is 2.70 bits per heavy atom. The van der Waals surface area contributed by atoms with Crippen LogP contribution in [0, 0.1) is 0 Å². The summed E-state index contributed by atoms with van der Waals surface area (Å²) < 4.78 is 0. The summed E-state index contributed by atoms with van der Waals surface area (Å²) >= 11 is 0. The molecule has 0 spiro atoms. The largest absolute Gasteiger partial charge is 0.508 e. The molecule has 1 aromatic rings. The number of amides is 1. The Bertz CT molecular complexity index is 500. The average Bonchev–Trinajstić information content (AvgIpc) is 2.41. The summed E-state index contributed by atoms with van der Waals surface area (Å²) in [5.41, 5.74) is 0.938. The van der Waals surface area contributed by atoms with E-state index in [4.69, 9.17) is 5.11 Å². The third-order valence-corrected chi connectivity index (χ3v) is 3.61. The number of piperazine rings is 1. The number of carboxylic acid groups (broad SMARTS) is 1. The van der Waals surface area contributed by atoms with Crippen LogP contribution in [0.25, 0.3) is 0 Å². The van der Waals surface area contributed by atoms with Crippen molar-refractivity contribution in [3.05, 3.63) is 29.8 Å². The first kappa shape index (κ1) is 14.3. The van der Waals surface area contributed by atoms with Crippen LogP contribution in [0.5, 0.6) is 5.75 Å². The van der Waals surface area contributed by atoms with Gasteiger partial charge in [-0.3, -0.25) is 14.5 Å². The number of carbonyl (C=O) groups is 2. The SMILES string of the molecule is CC(c1ccc(O)cc1)N1CCNC(=O)C1CC(=O)O. The molecule has 1 amide bonds. The van der Waals surface area contributed by atoms with Gasteiger partial charge in [-0.1, -0.05) is 12.1 Å². The molecule has 0 saturated carbocycles. The third-order valence-electron chi connectivity index (χ3n) is 3.61. The lowest BCUT2D eigenvalue weighted by Crippen LogP contribution is -2.56. The van der Waals surface area contributed by atoms with E-state index < -0.39 is 12.0 Å². The van der Waals surface area contributed by atoms with E-state index in [1.807, 2.05) is 11.8 Å². The van der Waals surface area contributed by atoms with Crippen molar-refractivity contribution in [2.45, 2.75) is 25.4 Å². The fraction of sp³-hybridized carbons (Fsp3) is 0.429. The molecule has 1 heterocycles. The van der Waals surface area contributed by atoms with Gasteiger partial charge in [0.25, 0.3) is 0 Å². The summed E-state index contributed by atoms with van der Waals surface area (Å²) in [6.45, 7) is 3.04. The van der Waals surface area contributed by atoms with Crippen molar-refractivity contribution in [1.29, 1.82) is 0 Å². The van der Waals surface area contributed by atoms with Gasteiger partial charge < -0.3 is 15.5 Å². The van der Waals surface area contributed by atoms with Crippen molar-refractivity contribution in [2.24, 2.45) is 0 Å². The highest BCUT2D eigenvalue weighted by atomic mass is 16.4. The van der Waals surface area contributed by atoms with Crippen molar-refractivity contribution in [3.63, 3.8) is 0 Å². The van der Waals surface area contributed by atoms with Gasteiger partial charge in [0.05, 0.1) is 6.42 Å². The number of hydrogen-bond donors (Lipinski definition) is 3. The van der Waals surface area contributed by atoms with Crippen LogP contribution in [0.2, 0.25) is 0 Å². The third kappa shape index (κ3) is 3.08. The molecule has 3 N–H and O–H groups in total. The highest BCUT2D eigenvalue weighted by Gasteiger charge is 2.34. The monoisotopic (exact) mass is 278 g/mol. The maximum atomic E-state index is 11.9. The minimum Gasteiger partial charge on any atom is -0.508 e. The topological polar surface area (TPSA) is 89.9 Å². The van der Waals surface area contributed by atoms with Crippen LogP contribution in [-0.4, -0.2) is 46.1 Å². The van der Waals surface area contributed by atoms with Gasteiger partial charge in [-0.25, -0.2) is 0 Å². The number of aromatic hydroxyl groups is 1. The first-order valence-electron chi connectivity index (χ1n) is 6.53. The van der Waals surface area contributed by atoms with Gasteiger partial charge in [-0.2, -0.15) is 0 Å². The highest BCUT2D eigenvalue weighted by molar-refractivity contribution is 5.86. The molecule has 2 unspecified atom stereocenters. The lowest BCUT2D eigenvalue weighted by atomic mass is 10.0. The van der Waals surface area contributed by atoms with E-state index in [1.165, 1.54) is 0 Å². The van der Waals surface area contributed by atoms with Crippen LogP contribution in [0.3, 0.4) is 0 Å². The number of aliphatic carboxylic acids is 1.